The van der Waals surface area contributed by atoms with Crippen LogP contribution >= 0.6 is 0 Å². The van der Waals surface area contributed by atoms with Gasteiger partial charge in [-0.25, -0.2) is 4.79 Å². The Labute approximate surface area is 302 Å². The van der Waals surface area contributed by atoms with Crippen molar-refractivity contribution in [2.75, 3.05) is 26.4 Å². The van der Waals surface area contributed by atoms with Crippen molar-refractivity contribution in [3.63, 3.8) is 0 Å². The molecule has 0 aliphatic carbocycles. The first-order chi connectivity index (χ1) is 24.6. The number of hydrogen-bond acceptors (Lipinski definition) is 9. The summed E-state index contributed by atoms with van der Waals surface area (Å²) in [5.41, 5.74) is 12.2. The topological polar surface area (TPSA) is 130 Å². The molecule has 0 amide bonds. The van der Waals surface area contributed by atoms with Crippen molar-refractivity contribution < 1.29 is 28.6 Å². The molecule has 0 fully saturated rings. The smallest absolute Gasteiger partial charge is 0.331 e. The molecule has 9 heteroatoms. The summed E-state index contributed by atoms with van der Waals surface area (Å²) in [7, 11) is 0. The number of esters is 3. The van der Waals surface area contributed by atoms with Crippen molar-refractivity contribution in [3.05, 3.63) is 143 Å². The zero-order valence-electron chi connectivity index (χ0n) is 30.4. The van der Waals surface area contributed by atoms with Gasteiger partial charge >= 0.3 is 17.9 Å². The van der Waals surface area contributed by atoms with Gasteiger partial charge in [0.2, 0.25) is 0 Å². The lowest BCUT2D eigenvalue weighted by molar-refractivity contribution is -0.145. The molecule has 4 aromatic rings. The molecule has 0 spiro atoms. The minimum absolute atomic E-state index is 0.0850. The molecule has 2 N–H and O–H groups in total. The summed E-state index contributed by atoms with van der Waals surface area (Å²) in [6, 6.07) is 34.4. The first-order valence-corrected chi connectivity index (χ1v) is 17.1. The van der Waals surface area contributed by atoms with Crippen molar-refractivity contribution in [1.29, 1.82) is 0 Å². The second-order valence-electron chi connectivity index (χ2n) is 11.4. The highest BCUT2D eigenvalue weighted by molar-refractivity contribution is 5.84. The number of benzene rings is 4. The Morgan fingerprint density at radius 1 is 0.608 bits per heavy atom. The van der Waals surface area contributed by atoms with E-state index in [1.165, 1.54) is 11.1 Å². The van der Waals surface area contributed by atoms with Crippen LogP contribution in [-0.4, -0.2) is 68.8 Å². The predicted octanol–water partition coefficient (Wildman–Crippen LogP) is 6.68. The maximum Gasteiger partial charge on any atom is 0.331 e. The van der Waals surface area contributed by atoms with E-state index in [0.717, 1.165) is 22.3 Å². The molecule has 9 nitrogen and oxygen atoms in total. The third-order valence-electron chi connectivity index (χ3n) is 7.04. The number of ether oxygens (including phenoxy) is 3. The summed E-state index contributed by atoms with van der Waals surface area (Å²) in [4.78, 5) is 42.7. The van der Waals surface area contributed by atoms with Crippen LogP contribution in [0.15, 0.2) is 119 Å². The molecule has 0 aliphatic heterocycles. The molecule has 0 aliphatic rings. The van der Waals surface area contributed by atoms with Gasteiger partial charge in [0.15, 0.2) is 6.04 Å². The van der Waals surface area contributed by atoms with E-state index < -0.39 is 12.1 Å². The second-order valence-corrected chi connectivity index (χ2v) is 11.4. The van der Waals surface area contributed by atoms with Gasteiger partial charge in [-0.05, 0) is 63.3 Å². The third-order valence-corrected chi connectivity index (χ3v) is 7.04. The van der Waals surface area contributed by atoms with Crippen LogP contribution in [0.25, 0.3) is 0 Å². The van der Waals surface area contributed by atoms with Gasteiger partial charge in [0.1, 0.15) is 12.6 Å². The van der Waals surface area contributed by atoms with Crippen LogP contribution < -0.4 is 5.73 Å². The second kappa shape index (κ2) is 24.7. The number of aliphatic imine (C=N–C) groups is 2. The molecule has 4 aromatic carbocycles. The van der Waals surface area contributed by atoms with Gasteiger partial charge < -0.3 is 19.9 Å². The molecule has 0 bridgehead atoms. The van der Waals surface area contributed by atoms with E-state index in [1.54, 1.807) is 33.2 Å². The fraction of sp³-hybridized carbons (Fsp3) is 0.310. The number of nitrogens with two attached hydrogens (primary N) is 1. The molecule has 0 saturated heterocycles. The number of nitrogens with zero attached hydrogens (tertiary/aromatic N) is 2. The predicted molar refractivity (Wildman–Crippen MR) is 204 cm³/mol. The lowest BCUT2D eigenvalue weighted by Crippen LogP contribution is -2.34. The Morgan fingerprint density at radius 3 is 1.55 bits per heavy atom. The molecule has 270 valence electrons. The molecule has 0 aromatic heterocycles. The third kappa shape index (κ3) is 18.2. The van der Waals surface area contributed by atoms with Gasteiger partial charge in [-0.2, -0.15) is 0 Å². The highest BCUT2D eigenvalue weighted by atomic mass is 16.5. The van der Waals surface area contributed by atoms with Gasteiger partial charge in [-0.15, -0.1) is 0 Å². The summed E-state index contributed by atoms with van der Waals surface area (Å²) in [5.74, 6) is -0.910. The highest BCUT2D eigenvalue weighted by Gasteiger charge is 2.18. The normalized spacial score (nSPS) is 11.7. The van der Waals surface area contributed by atoms with E-state index in [-0.39, 0.29) is 24.5 Å². The van der Waals surface area contributed by atoms with E-state index in [9.17, 15) is 14.4 Å². The van der Waals surface area contributed by atoms with Gasteiger partial charge in [0, 0.05) is 18.9 Å². The van der Waals surface area contributed by atoms with E-state index in [0.29, 0.717) is 32.7 Å². The van der Waals surface area contributed by atoms with Crippen LogP contribution in [0.1, 0.15) is 54.2 Å². The van der Waals surface area contributed by atoms with Crippen LogP contribution in [0.3, 0.4) is 0 Å². The van der Waals surface area contributed by atoms with Crippen LogP contribution in [0, 0.1) is 13.8 Å². The summed E-state index contributed by atoms with van der Waals surface area (Å²) in [6.07, 6.45) is 4.49. The molecule has 0 radical (unpaired) electrons. The zero-order valence-corrected chi connectivity index (χ0v) is 30.4. The Hall–Kier alpha value is -5.41. The molecule has 4 rings (SSSR count). The van der Waals surface area contributed by atoms with E-state index in [2.05, 4.69) is 9.98 Å². The van der Waals surface area contributed by atoms with Gasteiger partial charge in [0.25, 0.3) is 0 Å². The Bertz CT molecular complexity index is 1620. The quantitative estimate of drug-likeness (QED) is 0.0886. The van der Waals surface area contributed by atoms with Crippen molar-refractivity contribution in [3.8, 4) is 0 Å². The fourth-order valence-corrected chi connectivity index (χ4v) is 4.39. The molecule has 0 unspecified atom stereocenters. The number of aryl methyl sites for hydroxylation is 2. The van der Waals surface area contributed by atoms with Crippen LogP contribution in [0.4, 0.5) is 0 Å². The molecular formula is C42H51N3O6. The summed E-state index contributed by atoms with van der Waals surface area (Å²) >= 11 is 0. The maximum atomic E-state index is 12.1. The van der Waals surface area contributed by atoms with Crippen molar-refractivity contribution in [1.82, 2.24) is 0 Å². The standard InChI is InChI=1S/C19H21NO2.C12H15NO2.C11H15NO2/c1-3-22-19(21)18(13-16-7-5-4-6-8-16)20-14-17-11-9-15(2)10-12-17;1-3-15-12(14)9-13-8-11-6-4-10(2)5-7-11;1-2-14-11(13)10(12)8-9-6-4-3-5-7-9/h4-12,14,18H,3,13H2,1-2H3;4-8H,3,9H2,1-2H3;3-7,10H,2,8,12H2,1H3/t18-;;10-/m0.0/s1. The number of carbonyl (C=O) groups excluding carboxylic acids is 3. The molecule has 51 heavy (non-hydrogen) atoms. The SMILES string of the molecule is CCOC(=O)CN=Cc1ccc(C)cc1.CCOC(=O)[C@@H](N)Cc1ccccc1.CCOC(=O)[C@H](Cc1ccccc1)N=Cc1ccc(C)cc1. The van der Waals surface area contributed by atoms with Gasteiger partial charge in [-0.3, -0.25) is 19.6 Å². The Kier molecular flexibility index (Phi) is 20.2. The lowest BCUT2D eigenvalue weighted by atomic mass is 10.1. The number of rotatable bonds is 14. The van der Waals surface area contributed by atoms with Gasteiger partial charge in [-0.1, -0.05) is 120 Å². The number of carbonyl (C=O) groups is 3. The highest BCUT2D eigenvalue weighted by Crippen LogP contribution is 2.09. The Balaban J connectivity index is 0.000000275. The lowest BCUT2D eigenvalue weighted by Gasteiger charge is -2.11. The fourth-order valence-electron chi connectivity index (χ4n) is 4.39. The van der Waals surface area contributed by atoms with Crippen molar-refractivity contribution in [2.45, 2.75) is 59.5 Å². The van der Waals surface area contributed by atoms with E-state index in [4.69, 9.17) is 19.9 Å². The van der Waals surface area contributed by atoms with Crippen LogP contribution in [0.2, 0.25) is 0 Å². The van der Waals surface area contributed by atoms with Crippen molar-refractivity contribution in [2.24, 2.45) is 15.7 Å². The largest absolute Gasteiger partial charge is 0.465 e. The summed E-state index contributed by atoms with van der Waals surface area (Å²) < 4.78 is 14.7. The Morgan fingerprint density at radius 2 is 1.06 bits per heavy atom. The average molecular weight is 694 g/mol. The first kappa shape index (κ1) is 41.8. The summed E-state index contributed by atoms with van der Waals surface area (Å²) in [6.45, 7) is 10.7. The zero-order chi connectivity index (χ0) is 37.3. The molecule has 0 saturated carbocycles. The van der Waals surface area contributed by atoms with Crippen molar-refractivity contribution >= 4 is 30.3 Å². The number of hydrogen-bond donors (Lipinski definition) is 1. The summed E-state index contributed by atoms with van der Waals surface area (Å²) in [5, 5.41) is 0. The molecular weight excluding hydrogens is 642 g/mol. The maximum absolute atomic E-state index is 12.1. The minimum atomic E-state index is -0.558. The van der Waals surface area contributed by atoms with E-state index >= 15 is 0 Å². The molecule has 2 atom stereocenters. The van der Waals surface area contributed by atoms with Crippen LogP contribution in [0.5, 0.6) is 0 Å². The van der Waals surface area contributed by atoms with Gasteiger partial charge in [0.05, 0.1) is 19.8 Å². The monoisotopic (exact) mass is 693 g/mol. The first-order valence-electron chi connectivity index (χ1n) is 17.1. The minimum Gasteiger partial charge on any atom is -0.465 e. The van der Waals surface area contributed by atoms with Crippen LogP contribution in [-0.2, 0) is 41.4 Å². The van der Waals surface area contributed by atoms with E-state index in [1.807, 2.05) is 123 Å². The molecule has 0 heterocycles. The average Bonchev–Trinajstić information content (AvgIpc) is 3.13.